The van der Waals surface area contributed by atoms with Crippen molar-refractivity contribution in [2.45, 2.75) is 39.5 Å². The van der Waals surface area contributed by atoms with Gasteiger partial charge in [-0.2, -0.15) is 0 Å². The van der Waals surface area contributed by atoms with Crippen LogP contribution in [0.15, 0.2) is 30.3 Å². The van der Waals surface area contributed by atoms with Crippen LogP contribution >= 0.6 is 23.7 Å². The van der Waals surface area contributed by atoms with Crippen LogP contribution in [0, 0.1) is 0 Å². The fourth-order valence-corrected chi connectivity index (χ4v) is 5.51. The number of fused-ring (bicyclic) bond motifs is 3. The molecule has 1 amide bonds. The summed E-state index contributed by atoms with van der Waals surface area (Å²) in [4.78, 5) is 22.7. The van der Waals surface area contributed by atoms with E-state index in [1.165, 1.54) is 35.3 Å². The number of amides is 1. The van der Waals surface area contributed by atoms with Gasteiger partial charge >= 0.3 is 0 Å². The number of rotatable bonds is 7. The Hall–Kier alpha value is -2.35. The lowest BCUT2D eigenvalue weighted by atomic mass is 9.90. The zero-order valence-corrected chi connectivity index (χ0v) is 20.8. The highest BCUT2D eigenvalue weighted by Gasteiger charge is 2.24. The van der Waals surface area contributed by atoms with E-state index in [0.717, 1.165) is 59.1 Å². The van der Waals surface area contributed by atoms with Gasteiger partial charge in [0.25, 0.3) is 5.91 Å². The lowest BCUT2D eigenvalue weighted by molar-refractivity contribution is 0.0983. The van der Waals surface area contributed by atoms with Crippen molar-refractivity contribution >= 4 is 45.0 Å². The summed E-state index contributed by atoms with van der Waals surface area (Å²) in [5.74, 6) is 1.47. The zero-order chi connectivity index (χ0) is 22.1. The summed E-state index contributed by atoms with van der Waals surface area (Å²) in [5, 5.41) is 0.721. The maximum absolute atomic E-state index is 13.7. The van der Waals surface area contributed by atoms with Crippen LogP contribution < -0.4 is 14.4 Å². The van der Waals surface area contributed by atoms with Crippen molar-refractivity contribution < 1.29 is 14.3 Å². The van der Waals surface area contributed by atoms with E-state index in [1.54, 1.807) is 0 Å². The number of hydrogen-bond donors (Lipinski definition) is 0. The van der Waals surface area contributed by atoms with Crippen molar-refractivity contribution in [3.05, 3.63) is 47.0 Å². The summed E-state index contributed by atoms with van der Waals surface area (Å²) in [7, 11) is 0. The van der Waals surface area contributed by atoms with Crippen molar-refractivity contribution in [1.29, 1.82) is 0 Å². The summed E-state index contributed by atoms with van der Waals surface area (Å²) in [5.41, 5.74) is 4.29. The molecule has 0 saturated carbocycles. The Morgan fingerprint density at radius 1 is 1.00 bits per heavy atom. The molecule has 0 saturated heterocycles. The van der Waals surface area contributed by atoms with Gasteiger partial charge in [0.1, 0.15) is 0 Å². The number of carbonyl (C=O) groups excluding carboxylic acids is 1. The van der Waals surface area contributed by atoms with E-state index >= 15 is 0 Å². The second-order valence-electron chi connectivity index (χ2n) is 8.34. The number of benzene rings is 2. The van der Waals surface area contributed by atoms with Crippen LogP contribution in [0.4, 0.5) is 5.13 Å². The SMILES string of the molecule is CCN(CC)CCN(C(=O)c1ccc2c(c1)CCCC2)c1nc2cc3c(cc2s1)OCO3.Cl. The molecule has 3 aromatic rings. The van der Waals surface area contributed by atoms with Gasteiger partial charge in [-0.15, -0.1) is 12.4 Å². The number of hydrogen-bond acceptors (Lipinski definition) is 6. The van der Waals surface area contributed by atoms with Crippen LogP contribution in [-0.2, 0) is 12.8 Å². The molecule has 0 atom stereocenters. The average Bonchev–Trinajstić information content (AvgIpc) is 3.45. The Balaban J connectivity index is 0.00000259. The summed E-state index contributed by atoms with van der Waals surface area (Å²) in [6.07, 6.45) is 4.60. The summed E-state index contributed by atoms with van der Waals surface area (Å²) in [6.45, 7) is 7.87. The normalized spacial score (nSPS) is 14.3. The minimum atomic E-state index is 0. The van der Waals surface area contributed by atoms with E-state index in [0.29, 0.717) is 12.3 Å². The topological polar surface area (TPSA) is 54.9 Å². The van der Waals surface area contributed by atoms with Crippen LogP contribution in [0.1, 0.15) is 48.2 Å². The Morgan fingerprint density at radius 2 is 1.73 bits per heavy atom. The lowest BCUT2D eigenvalue weighted by Crippen LogP contribution is -2.39. The number of thiazole rings is 1. The highest BCUT2D eigenvalue weighted by molar-refractivity contribution is 7.22. The van der Waals surface area contributed by atoms with Crippen molar-refractivity contribution in [1.82, 2.24) is 9.88 Å². The molecule has 2 aromatic carbocycles. The number of likely N-dealkylation sites (N-methyl/N-ethyl adjacent to an activating group) is 1. The molecule has 6 nitrogen and oxygen atoms in total. The third-order valence-corrected chi connectivity index (χ3v) is 7.52. The van der Waals surface area contributed by atoms with E-state index in [9.17, 15) is 4.79 Å². The van der Waals surface area contributed by atoms with E-state index in [2.05, 4.69) is 30.9 Å². The molecule has 176 valence electrons. The number of aromatic nitrogens is 1. The highest BCUT2D eigenvalue weighted by Crippen LogP contribution is 2.40. The minimum absolute atomic E-state index is 0. The fraction of sp³-hybridized carbons (Fsp3) is 0.440. The summed E-state index contributed by atoms with van der Waals surface area (Å²) < 4.78 is 12.0. The quantitative estimate of drug-likeness (QED) is 0.451. The van der Waals surface area contributed by atoms with Crippen LogP contribution in [0.2, 0.25) is 0 Å². The third-order valence-electron chi connectivity index (χ3n) is 6.48. The predicted octanol–water partition coefficient (Wildman–Crippen LogP) is 5.31. The molecule has 0 N–H and O–H groups in total. The van der Waals surface area contributed by atoms with Crippen LogP contribution in [-0.4, -0.2) is 48.8 Å². The second-order valence-corrected chi connectivity index (χ2v) is 9.35. The molecule has 8 heteroatoms. The first-order valence-electron chi connectivity index (χ1n) is 11.5. The molecular weight excluding hydrogens is 458 g/mol. The molecule has 0 bridgehead atoms. The monoisotopic (exact) mass is 487 g/mol. The molecule has 5 rings (SSSR count). The van der Waals surface area contributed by atoms with E-state index in [4.69, 9.17) is 14.5 Å². The van der Waals surface area contributed by atoms with Gasteiger partial charge in [-0.3, -0.25) is 9.69 Å². The van der Waals surface area contributed by atoms with Crippen molar-refractivity contribution in [3.8, 4) is 11.5 Å². The lowest BCUT2D eigenvalue weighted by Gasteiger charge is -2.25. The van der Waals surface area contributed by atoms with E-state index in [1.807, 2.05) is 23.1 Å². The van der Waals surface area contributed by atoms with Crippen LogP contribution in [0.25, 0.3) is 10.2 Å². The molecule has 0 spiro atoms. The Morgan fingerprint density at radius 3 is 2.48 bits per heavy atom. The predicted molar refractivity (Wildman–Crippen MR) is 136 cm³/mol. The van der Waals surface area contributed by atoms with Crippen molar-refractivity contribution in [2.24, 2.45) is 0 Å². The molecule has 1 aliphatic carbocycles. The maximum atomic E-state index is 13.7. The third kappa shape index (κ3) is 4.81. The standard InChI is InChI=1S/C25H29N3O3S.ClH/c1-3-27(4-2)11-12-28(24(29)19-10-9-17-7-5-6-8-18(17)13-19)25-26-20-14-21-22(31-16-30-21)15-23(20)32-25;/h9-10,13-15H,3-8,11-12,16H2,1-2H3;1H. The number of nitrogens with zero attached hydrogens (tertiary/aromatic N) is 3. The fourth-order valence-electron chi connectivity index (χ4n) is 4.51. The van der Waals surface area contributed by atoms with Crippen molar-refractivity contribution in [3.63, 3.8) is 0 Å². The first kappa shape index (κ1) is 23.8. The first-order chi connectivity index (χ1) is 15.7. The summed E-state index contributed by atoms with van der Waals surface area (Å²) >= 11 is 1.53. The Labute approximate surface area is 204 Å². The highest BCUT2D eigenvalue weighted by atomic mass is 35.5. The molecule has 2 aliphatic rings. The number of halogens is 1. The molecule has 1 aromatic heterocycles. The zero-order valence-electron chi connectivity index (χ0n) is 19.1. The molecular formula is C25H30ClN3O3S. The van der Waals surface area contributed by atoms with Crippen molar-refractivity contribution in [2.75, 3.05) is 37.9 Å². The molecule has 0 unspecified atom stereocenters. The van der Waals surface area contributed by atoms with Gasteiger partial charge in [-0.05, 0) is 62.0 Å². The van der Waals surface area contributed by atoms with Gasteiger partial charge in [0, 0.05) is 30.8 Å². The van der Waals surface area contributed by atoms with Gasteiger partial charge < -0.3 is 14.4 Å². The summed E-state index contributed by atoms with van der Waals surface area (Å²) in [6, 6.07) is 10.1. The number of anilines is 1. The first-order valence-corrected chi connectivity index (χ1v) is 12.3. The number of aryl methyl sites for hydroxylation is 2. The molecule has 33 heavy (non-hydrogen) atoms. The van der Waals surface area contributed by atoms with Crippen LogP contribution in [0.3, 0.4) is 0 Å². The average molecular weight is 488 g/mol. The van der Waals surface area contributed by atoms with E-state index < -0.39 is 0 Å². The van der Waals surface area contributed by atoms with Gasteiger partial charge in [-0.25, -0.2) is 4.98 Å². The Kier molecular flexibility index (Phi) is 7.41. The molecule has 1 aliphatic heterocycles. The van der Waals surface area contributed by atoms with Crippen LogP contribution in [0.5, 0.6) is 11.5 Å². The van der Waals surface area contributed by atoms with Gasteiger partial charge in [0.05, 0.1) is 10.2 Å². The smallest absolute Gasteiger partial charge is 0.260 e. The number of carbonyl (C=O) groups is 1. The Bertz CT molecular complexity index is 1100. The molecule has 2 heterocycles. The molecule has 0 fully saturated rings. The number of ether oxygens (including phenoxy) is 2. The minimum Gasteiger partial charge on any atom is -0.454 e. The largest absolute Gasteiger partial charge is 0.454 e. The van der Waals surface area contributed by atoms with Gasteiger partial charge in [-0.1, -0.05) is 31.3 Å². The maximum Gasteiger partial charge on any atom is 0.260 e. The van der Waals surface area contributed by atoms with E-state index in [-0.39, 0.29) is 25.1 Å². The molecule has 0 radical (unpaired) electrons. The second kappa shape index (κ2) is 10.3. The van der Waals surface area contributed by atoms with Gasteiger partial charge in [0.15, 0.2) is 16.6 Å². The van der Waals surface area contributed by atoms with Gasteiger partial charge in [0.2, 0.25) is 6.79 Å².